The SMILES string of the molecule is O=C(NC1CCN2CCCC2C1)c1ccc(I)c(O)c1. The Kier molecular flexibility index (Phi) is 4.16. The number of benzene rings is 1. The van der Waals surface area contributed by atoms with Gasteiger partial charge >= 0.3 is 0 Å². The number of carbonyl (C=O) groups is 1. The van der Waals surface area contributed by atoms with Crippen molar-refractivity contribution >= 4 is 28.5 Å². The van der Waals surface area contributed by atoms with Crippen LogP contribution in [0.2, 0.25) is 0 Å². The Morgan fingerprint density at radius 2 is 2.20 bits per heavy atom. The summed E-state index contributed by atoms with van der Waals surface area (Å²) in [4.78, 5) is 14.8. The Bertz CT molecular complexity index is 521. The minimum absolute atomic E-state index is 0.0758. The van der Waals surface area contributed by atoms with Crippen LogP contribution < -0.4 is 5.32 Å². The van der Waals surface area contributed by atoms with E-state index < -0.39 is 0 Å². The van der Waals surface area contributed by atoms with Crippen molar-refractivity contribution in [3.05, 3.63) is 27.3 Å². The van der Waals surface area contributed by atoms with E-state index in [4.69, 9.17) is 0 Å². The van der Waals surface area contributed by atoms with Crippen LogP contribution in [0.1, 0.15) is 36.0 Å². The summed E-state index contributed by atoms with van der Waals surface area (Å²) < 4.78 is 0.762. The Morgan fingerprint density at radius 3 is 3.00 bits per heavy atom. The Hall–Kier alpha value is -0.820. The third kappa shape index (κ3) is 2.93. The highest BCUT2D eigenvalue weighted by Crippen LogP contribution is 2.27. The van der Waals surface area contributed by atoms with E-state index in [-0.39, 0.29) is 17.7 Å². The molecule has 0 aliphatic carbocycles. The largest absolute Gasteiger partial charge is 0.507 e. The second kappa shape index (κ2) is 5.89. The first-order valence-electron chi connectivity index (χ1n) is 7.17. The van der Waals surface area contributed by atoms with Gasteiger partial charge in [0.25, 0.3) is 5.91 Å². The molecule has 2 unspecified atom stereocenters. The van der Waals surface area contributed by atoms with Crippen LogP contribution in [0, 0.1) is 3.57 Å². The van der Waals surface area contributed by atoms with Crippen molar-refractivity contribution in [1.29, 1.82) is 0 Å². The number of hydrogen-bond donors (Lipinski definition) is 2. The number of rotatable bonds is 2. The molecule has 2 fully saturated rings. The summed E-state index contributed by atoms with van der Waals surface area (Å²) >= 11 is 2.05. The second-order valence-electron chi connectivity index (χ2n) is 5.69. The molecular formula is C15H19IN2O2. The van der Waals surface area contributed by atoms with Gasteiger partial charge in [-0.3, -0.25) is 4.79 Å². The number of phenols is 1. The van der Waals surface area contributed by atoms with Crippen molar-refractivity contribution in [2.24, 2.45) is 0 Å². The summed E-state index contributed by atoms with van der Waals surface area (Å²) in [6.07, 6.45) is 4.63. The zero-order valence-corrected chi connectivity index (χ0v) is 13.5. The average Bonchev–Trinajstić information content (AvgIpc) is 2.89. The van der Waals surface area contributed by atoms with E-state index in [2.05, 4.69) is 10.2 Å². The fourth-order valence-corrected chi connectivity index (χ4v) is 3.61. The number of carbonyl (C=O) groups excluding carboxylic acids is 1. The van der Waals surface area contributed by atoms with Gasteiger partial charge in [-0.1, -0.05) is 0 Å². The summed E-state index contributed by atoms with van der Waals surface area (Å²) in [5, 5.41) is 12.8. The van der Waals surface area contributed by atoms with Crippen LogP contribution in [0.25, 0.3) is 0 Å². The van der Waals surface area contributed by atoms with Gasteiger partial charge in [0, 0.05) is 24.2 Å². The minimum Gasteiger partial charge on any atom is -0.507 e. The van der Waals surface area contributed by atoms with Gasteiger partial charge in [-0.05, 0) is 73.0 Å². The summed E-state index contributed by atoms with van der Waals surface area (Å²) in [7, 11) is 0. The summed E-state index contributed by atoms with van der Waals surface area (Å²) in [5.41, 5.74) is 0.539. The van der Waals surface area contributed by atoms with Crippen LogP contribution in [-0.4, -0.2) is 41.1 Å². The van der Waals surface area contributed by atoms with Gasteiger partial charge in [-0.15, -0.1) is 0 Å². The minimum atomic E-state index is -0.0758. The lowest BCUT2D eigenvalue weighted by molar-refractivity contribution is 0.0896. The first kappa shape index (κ1) is 14.1. The van der Waals surface area contributed by atoms with Gasteiger partial charge in [0.1, 0.15) is 5.75 Å². The molecule has 1 aromatic carbocycles. The zero-order chi connectivity index (χ0) is 14.1. The Balaban J connectivity index is 1.62. The first-order valence-corrected chi connectivity index (χ1v) is 8.25. The molecule has 108 valence electrons. The molecule has 5 heteroatoms. The van der Waals surface area contributed by atoms with Crippen LogP contribution in [0.15, 0.2) is 18.2 Å². The quantitative estimate of drug-likeness (QED) is 0.768. The van der Waals surface area contributed by atoms with Crippen molar-refractivity contribution in [3.8, 4) is 5.75 Å². The van der Waals surface area contributed by atoms with Crippen molar-refractivity contribution < 1.29 is 9.90 Å². The van der Waals surface area contributed by atoms with Crippen molar-refractivity contribution in [2.75, 3.05) is 13.1 Å². The van der Waals surface area contributed by atoms with Gasteiger partial charge in [0.15, 0.2) is 0 Å². The standard InChI is InChI=1S/C15H19IN2O2/c16-13-4-3-10(8-14(13)19)15(20)17-11-5-7-18-6-1-2-12(18)9-11/h3-4,8,11-12,19H,1-2,5-7,9H2,(H,17,20). The van der Waals surface area contributed by atoms with Crippen LogP contribution in [0.4, 0.5) is 0 Å². The molecule has 4 nitrogen and oxygen atoms in total. The third-order valence-corrected chi connectivity index (χ3v) is 5.28. The van der Waals surface area contributed by atoms with Gasteiger partial charge in [-0.2, -0.15) is 0 Å². The molecule has 0 saturated carbocycles. The number of aromatic hydroxyl groups is 1. The van der Waals surface area contributed by atoms with E-state index in [9.17, 15) is 9.90 Å². The Labute approximate surface area is 132 Å². The molecule has 2 aliphatic rings. The number of piperidine rings is 1. The van der Waals surface area contributed by atoms with Gasteiger partial charge in [0.05, 0.1) is 3.57 Å². The number of nitrogens with zero attached hydrogens (tertiary/aromatic N) is 1. The lowest BCUT2D eigenvalue weighted by Gasteiger charge is -2.35. The lowest BCUT2D eigenvalue weighted by Crippen LogP contribution is -2.47. The molecule has 0 bridgehead atoms. The highest BCUT2D eigenvalue weighted by Gasteiger charge is 2.32. The molecule has 1 aromatic rings. The fourth-order valence-electron chi connectivity index (χ4n) is 3.28. The van der Waals surface area contributed by atoms with Crippen molar-refractivity contribution in [3.63, 3.8) is 0 Å². The van der Waals surface area contributed by atoms with E-state index in [0.29, 0.717) is 11.6 Å². The number of phenolic OH excluding ortho intramolecular Hbond substituents is 1. The zero-order valence-electron chi connectivity index (χ0n) is 11.3. The van der Waals surface area contributed by atoms with Gasteiger partial charge < -0.3 is 15.3 Å². The smallest absolute Gasteiger partial charge is 0.251 e. The van der Waals surface area contributed by atoms with Crippen LogP contribution in [0.3, 0.4) is 0 Å². The number of halogens is 1. The summed E-state index contributed by atoms with van der Waals surface area (Å²) in [6, 6.07) is 6.00. The highest BCUT2D eigenvalue weighted by molar-refractivity contribution is 14.1. The van der Waals surface area contributed by atoms with E-state index >= 15 is 0 Å². The molecule has 20 heavy (non-hydrogen) atoms. The summed E-state index contributed by atoms with van der Waals surface area (Å²) in [6.45, 7) is 2.31. The maximum Gasteiger partial charge on any atom is 0.251 e. The van der Waals surface area contributed by atoms with E-state index in [0.717, 1.165) is 23.0 Å². The lowest BCUT2D eigenvalue weighted by atomic mass is 9.97. The number of nitrogens with one attached hydrogen (secondary N) is 1. The molecule has 2 atom stereocenters. The molecular weight excluding hydrogens is 367 g/mol. The molecule has 3 rings (SSSR count). The van der Waals surface area contributed by atoms with Gasteiger partial charge in [-0.25, -0.2) is 0 Å². The maximum absolute atomic E-state index is 12.2. The molecule has 0 spiro atoms. The van der Waals surface area contributed by atoms with Crippen molar-refractivity contribution in [2.45, 2.75) is 37.8 Å². The maximum atomic E-state index is 12.2. The van der Waals surface area contributed by atoms with Gasteiger partial charge in [0.2, 0.25) is 0 Å². The molecule has 2 saturated heterocycles. The molecule has 0 aromatic heterocycles. The molecule has 2 heterocycles. The second-order valence-corrected chi connectivity index (χ2v) is 6.86. The molecule has 2 aliphatic heterocycles. The highest BCUT2D eigenvalue weighted by atomic mass is 127. The topological polar surface area (TPSA) is 52.6 Å². The molecule has 2 N–H and O–H groups in total. The van der Waals surface area contributed by atoms with E-state index in [1.807, 2.05) is 22.6 Å². The first-order chi connectivity index (χ1) is 9.63. The monoisotopic (exact) mass is 386 g/mol. The predicted molar refractivity (Wildman–Crippen MR) is 85.9 cm³/mol. The predicted octanol–water partition coefficient (Wildman–Crippen LogP) is 2.35. The summed E-state index contributed by atoms with van der Waals surface area (Å²) in [5.74, 6) is 0.0945. The fraction of sp³-hybridized carbons (Fsp3) is 0.533. The number of amides is 1. The van der Waals surface area contributed by atoms with E-state index in [1.54, 1.807) is 18.2 Å². The Morgan fingerprint density at radius 1 is 1.35 bits per heavy atom. The third-order valence-electron chi connectivity index (χ3n) is 4.36. The number of hydrogen-bond acceptors (Lipinski definition) is 3. The van der Waals surface area contributed by atoms with Crippen molar-refractivity contribution in [1.82, 2.24) is 10.2 Å². The van der Waals surface area contributed by atoms with Crippen LogP contribution in [-0.2, 0) is 0 Å². The number of fused-ring (bicyclic) bond motifs is 1. The van der Waals surface area contributed by atoms with Crippen LogP contribution >= 0.6 is 22.6 Å². The molecule has 0 radical (unpaired) electrons. The normalized spacial score (nSPS) is 26.2. The van der Waals surface area contributed by atoms with Crippen LogP contribution in [0.5, 0.6) is 5.75 Å². The molecule has 1 amide bonds. The van der Waals surface area contributed by atoms with E-state index in [1.165, 1.54) is 19.4 Å². The average molecular weight is 386 g/mol.